The topological polar surface area (TPSA) is 9.23 Å². The summed E-state index contributed by atoms with van der Waals surface area (Å²) in [5.74, 6) is 1.01. The van der Waals surface area contributed by atoms with E-state index in [2.05, 4.69) is 57.0 Å². The van der Waals surface area contributed by atoms with Crippen LogP contribution in [0.5, 0.6) is 5.75 Å². The van der Waals surface area contributed by atoms with Crippen LogP contribution in [0.4, 0.5) is 0 Å². The van der Waals surface area contributed by atoms with Gasteiger partial charge in [-0.2, -0.15) is 0 Å². The summed E-state index contributed by atoms with van der Waals surface area (Å²) in [6.45, 7) is 3.13. The lowest BCUT2D eigenvalue weighted by Crippen LogP contribution is -1.98. The van der Waals surface area contributed by atoms with E-state index >= 15 is 0 Å². The van der Waals surface area contributed by atoms with E-state index in [1.54, 1.807) is 0 Å². The van der Waals surface area contributed by atoms with Gasteiger partial charge in [-0.05, 0) is 29.7 Å². The Labute approximate surface area is 185 Å². The third-order valence-electron chi connectivity index (χ3n) is 5.10. The zero-order valence-corrected chi connectivity index (χ0v) is 20.6. The van der Waals surface area contributed by atoms with Crippen LogP contribution >= 0.6 is 31.9 Å². The van der Waals surface area contributed by atoms with Crippen molar-refractivity contribution in [1.29, 1.82) is 0 Å². The molecule has 0 heterocycles. The fourth-order valence-electron chi connectivity index (χ4n) is 3.45. The molecular weight excluding hydrogens is 464 g/mol. The lowest BCUT2D eigenvalue weighted by atomic mass is 10.0. The smallest absolute Gasteiger partial charge is 0.119 e. The molecule has 1 aromatic carbocycles. The summed E-state index contributed by atoms with van der Waals surface area (Å²) >= 11 is 7.07. The summed E-state index contributed by atoms with van der Waals surface area (Å²) in [7, 11) is 0. The monoisotopic (exact) mass is 502 g/mol. The second-order valence-electron chi connectivity index (χ2n) is 7.70. The molecule has 0 aromatic heterocycles. The lowest BCUT2D eigenvalue weighted by Gasteiger charge is -2.09. The maximum absolute atomic E-state index is 5.96. The highest BCUT2D eigenvalue weighted by Crippen LogP contribution is 2.21. The average Bonchev–Trinajstić information content (AvgIpc) is 2.70. The molecule has 0 saturated heterocycles. The van der Waals surface area contributed by atoms with Gasteiger partial charge < -0.3 is 4.74 Å². The van der Waals surface area contributed by atoms with E-state index in [-0.39, 0.29) is 0 Å². The normalized spacial score (nSPS) is 11.1. The molecule has 0 bridgehead atoms. The minimum absolute atomic E-state index is 0.839. The van der Waals surface area contributed by atoms with E-state index < -0.39 is 0 Å². The molecule has 0 aliphatic carbocycles. The molecule has 0 aliphatic rings. The number of ether oxygens (including phenoxy) is 1. The lowest BCUT2D eigenvalue weighted by molar-refractivity contribution is 0.304. The largest absolute Gasteiger partial charge is 0.494 e. The first kappa shape index (κ1) is 25.0. The van der Waals surface area contributed by atoms with Crippen molar-refractivity contribution < 1.29 is 4.74 Å². The fourth-order valence-corrected chi connectivity index (χ4v) is 4.10. The highest BCUT2D eigenvalue weighted by Gasteiger charge is 2.01. The van der Waals surface area contributed by atoms with Crippen molar-refractivity contribution in [1.82, 2.24) is 0 Å². The molecule has 0 atom stereocenters. The van der Waals surface area contributed by atoms with Gasteiger partial charge in [0.2, 0.25) is 0 Å². The van der Waals surface area contributed by atoms with Gasteiger partial charge in [-0.3, -0.25) is 0 Å². The van der Waals surface area contributed by atoms with Crippen LogP contribution in [0.15, 0.2) is 18.2 Å². The van der Waals surface area contributed by atoms with E-state index in [4.69, 9.17) is 4.74 Å². The predicted octanol–water partition coefficient (Wildman–Crippen LogP) is 9.34. The summed E-state index contributed by atoms with van der Waals surface area (Å²) in [4.78, 5) is 0. The Bertz CT molecular complexity index is 439. The Morgan fingerprint density at radius 1 is 0.593 bits per heavy atom. The number of benzene rings is 1. The highest BCUT2D eigenvalue weighted by molar-refractivity contribution is 9.08. The molecule has 27 heavy (non-hydrogen) atoms. The molecule has 0 amide bonds. The molecule has 0 N–H and O–H groups in total. The molecule has 0 aliphatic heterocycles. The molecule has 3 heteroatoms. The first-order valence-electron chi connectivity index (χ1n) is 11.2. The maximum atomic E-state index is 5.96. The van der Waals surface area contributed by atoms with Crippen LogP contribution in [0.3, 0.4) is 0 Å². The summed E-state index contributed by atoms with van der Waals surface area (Å²) in [5.41, 5.74) is 2.56. The van der Waals surface area contributed by atoms with Crippen LogP contribution in [-0.4, -0.2) is 6.61 Å². The summed E-state index contributed by atoms with van der Waals surface area (Å²) in [5, 5.41) is 1.76. The second-order valence-corrected chi connectivity index (χ2v) is 8.82. The van der Waals surface area contributed by atoms with E-state index in [1.807, 2.05) is 0 Å². The molecule has 156 valence electrons. The summed E-state index contributed by atoms with van der Waals surface area (Å²) < 4.78 is 5.96. The fraction of sp³-hybridized carbons (Fsp3) is 0.750. The van der Waals surface area contributed by atoms with Crippen LogP contribution in [0, 0.1) is 0 Å². The number of hydrogen-bond donors (Lipinski definition) is 0. The van der Waals surface area contributed by atoms with Crippen LogP contribution in [0.1, 0.15) is 108 Å². The van der Waals surface area contributed by atoms with E-state index in [1.165, 1.54) is 101 Å². The summed E-state index contributed by atoms with van der Waals surface area (Å²) in [6, 6.07) is 6.50. The van der Waals surface area contributed by atoms with Crippen molar-refractivity contribution in [2.45, 2.75) is 107 Å². The summed E-state index contributed by atoms with van der Waals surface area (Å²) in [6.07, 6.45) is 19.5. The zero-order chi connectivity index (χ0) is 19.6. The Morgan fingerprint density at radius 3 is 1.41 bits per heavy atom. The first-order chi connectivity index (χ1) is 13.3. The van der Waals surface area contributed by atoms with Crippen molar-refractivity contribution in [2.24, 2.45) is 0 Å². The molecule has 0 saturated carbocycles. The molecule has 1 rings (SSSR count). The van der Waals surface area contributed by atoms with Crippen molar-refractivity contribution in [3.05, 3.63) is 29.3 Å². The van der Waals surface area contributed by atoms with Gasteiger partial charge in [-0.15, -0.1) is 0 Å². The Balaban J connectivity index is 1.91. The SMILES string of the molecule is CCCCCCCCCCCCCCCCOc1cc(CBr)cc(CBr)c1. The molecule has 0 radical (unpaired) electrons. The van der Waals surface area contributed by atoms with E-state index in [0.717, 1.165) is 23.0 Å². The van der Waals surface area contributed by atoms with E-state index in [9.17, 15) is 0 Å². The van der Waals surface area contributed by atoms with Crippen LogP contribution in [0.25, 0.3) is 0 Å². The van der Waals surface area contributed by atoms with E-state index in [0.29, 0.717) is 0 Å². The third kappa shape index (κ3) is 13.7. The van der Waals surface area contributed by atoms with Gasteiger partial charge in [0, 0.05) is 10.7 Å². The molecule has 1 aromatic rings. The van der Waals surface area contributed by atoms with Gasteiger partial charge in [-0.1, -0.05) is 128 Å². The molecule has 0 spiro atoms. The number of rotatable bonds is 18. The van der Waals surface area contributed by atoms with Crippen LogP contribution in [-0.2, 0) is 10.7 Å². The van der Waals surface area contributed by atoms with Gasteiger partial charge in [0.1, 0.15) is 5.75 Å². The van der Waals surface area contributed by atoms with Gasteiger partial charge in [-0.25, -0.2) is 0 Å². The Hall–Kier alpha value is -0.0200. The molecule has 0 fully saturated rings. The van der Waals surface area contributed by atoms with Crippen molar-refractivity contribution in [2.75, 3.05) is 6.61 Å². The number of unbranched alkanes of at least 4 members (excludes halogenated alkanes) is 13. The van der Waals surface area contributed by atoms with Gasteiger partial charge >= 0.3 is 0 Å². The first-order valence-corrected chi connectivity index (χ1v) is 13.4. The Kier molecular flexibility index (Phi) is 16.7. The van der Waals surface area contributed by atoms with Crippen LogP contribution in [0.2, 0.25) is 0 Å². The standard InChI is InChI=1S/C24H40Br2O/c1-2-3-4-5-6-7-8-9-10-11-12-13-14-15-16-27-24-18-22(20-25)17-23(19-24)21-26/h17-19H,2-16,20-21H2,1H3. The quantitative estimate of drug-likeness (QED) is 0.143. The van der Waals surface area contributed by atoms with Gasteiger partial charge in [0.05, 0.1) is 6.61 Å². The maximum Gasteiger partial charge on any atom is 0.119 e. The second kappa shape index (κ2) is 18.0. The van der Waals surface area contributed by atoms with Gasteiger partial charge in [0.25, 0.3) is 0 Å². The number of alkyl halides is 2. The van der Waals surface area contributed by atoms with Crippen molar-refractivity contribution >= 4 is 31.9 Å². The Morgan fingerprint density at radius 2 is 1.00 bits per heavy atom. The third-order valence-corrected chi connectivity index (χ3v) is 6.40. The van der Waals surface area contributed by atoms with Crippen molar-refractivity contribution in [3.8, 4) is 5.75 Å². The number of halogens is 2. The average molecular weight is 504 g/mol. The van der Waals surface area contributed by atoms with Crippen LogP contribution < -0.4 is 4.74 Å². The van der Waals surface area contributed by atoms with Crippen molar-refractivity contribution in [3.63, 3.8) is 0 Å². The molecular formula is C24H40Br2O. The zero-order valence-electron chi connectivity index (χ0n) is 17.4. The predicted molar refractivity (Wildman–Crippen MR) is 128 cm³/mol. The van der Waals surface area contributed by atoms with Gasteiger partial charge in [0.15, 0.2) is 0 Å². The number of hydrogen-bond acceptors (Lipinski definition) is 1. The molecule has 1 nitrogen and oxygen atoms in total. The highest BCUT2D eigenvalue weighted by atomic mass is 79.9. The minimum atomic E-state index is 0.839. The molecule has 0 unspecified atom stereocenters. The minimum Gasteiger partial charge on any atom is -0.494 e.